The monoisotopic (exact) mass is 251 g/mol. The lowest BCUT2D eigenvalue weighted by atomic mass is 9.86. The molecule has 1 rings (SSSR count). The highest BCUT2D eigenvalue weighted by atomic mass is 19.1. The lowest BCUT2D eigenvalue weighted by Gasteiger charge is -2.24. The van der Waals surface area contributed by atoms with Gasteiger partial charge in [-0.1, -0.05) is 46.2 Å². The van der Waals surface area contributed by atoms with Gasteiger partial charge >= 0.3 is 0 Å². The van der Waals surface area contributed by atoms with E-state index in [4.69, 9.17) is 0 Å². The molecule has 0 radical (unpaired) electrons. The second-order valence-corrected chi connectivity index (χ2v) is 5.54. The van der Waals surface area contributed by atoms with Gasteiger partial charge in [0.1, 0.15) is 5.82 Å². The molecule has 0 spiro atoms. The second-order valence-electron chi connectivity index (χ2n) is 5.54. The van der Waals surface area contributed by atoms with Crippen molar-refractivity contribution in [1.82, 2.24) is 5.32 Å². The van der Waals surface area contributed by atoms with E-state index in [1.807, 2.05) is 6.07 Å². The smallest absolute Gasteiger partial charge is 0.123 e. The van der Waals surface area contributed by atoms with Gasteiger partial charge in [0.05, 0.1) is 0 Å². The first-order valence-electron chi connectivity index (χ1n) is 7.00. The van der Waals surface area contributed by atoms with E-state index in [0.717, 1.165) is 18.5 Å². The van der Waals surface area contributed by atoms with Gasteiger partial charge < -0.3 is 5.32 Å². The van der Waals surface area contributed by atoms with Crippen molar-refractivity contribution in [2.75, 3.05) is 6.54 Å². The third-order valence-corrected chi connectivity index (χ3v) is 3.62. The molecular formula is C16H26FN. The van der Waals surface area contributed by atoms with Gasteiger partial charge in [-0.3, -0.25) is 0 Å². The van der Waals surface area contributed by atoms with E-state index in [0.29, 0.717) is 17.9 Å². The molecule has 2 heteroatoms. The summed E-state index contributed by atoms with van der Waals surface area (Å²) in [7, 11) is 0. The number of hydrogen-bond donors (Lipinski definition) is 1. The van der Waals surface area contributed by atoms with Gasteiger partial charge in [-0.05, 0) is 42.5 Å². The summed E-state index contributed by atoms with van der Waals surface area (Å²) in [6.07, 6.45) is 2.12. The summed E-state index contributed by atoms with van der Waals surface area (Å²) in [6.45, 7) is 9.83. The van der Waals surface area contributed by atoms with Crippen molar-refractivity contribution < 1.29 is 4.39 Å². The Morgan fingerprint density at radius 1 is 1.22 bits per heavy atom. The lowest BCUT2D eigenvalue weighted by molar-refractivity contribution is 0.320. The van der Waals surface area contributed by atoms with Crippen LogP contribution in [0.15, 0.2) is 24.3 Å². The molecule has 0 fully saturated rings. The van der Waals surface area contributed by atoms with Crippen LogP contribution in [0.25, 0.3) is 0 Å². The molecule has 1 aromatic carbocycles. The van der Waals surface area contributed by atoms with Crippen LogP contribution in [0, 0.1) is 17.7 Å². The van der Waals surface area contributed by atoms with Crippen LogP contribution >= 0.6 is 0 Å². The molecule has 0 aliphatic carbocycles. The van der Waals surface area contributed by atoms with Crippen molar-refractivity contribution in [2.45, 2.75) is 46.6 Å². The first-order valence-corrected chi connectivity index (χ1v) is 7.00. The molecule has 0 aromatic heterocycles. The number of benzene rings is 1. The molecule has 0 aliphatic rings. The molecule has 102 valence electrons. The van der Waals surface area contributed by atoms with Gasteiger partial charge in [-0.2, -0.15) is 0 Å². The quantitative estimate of drug-likeness (QED) is 0.771. The van der Waals surface area contributed by atoms with Crippen LogP contribution in [-0.4, -0.2) is 12.6 Å². The Morgan fingerprint density at radius 2 is 1.94 bits per heavy atom. The maximum atomic E-state index is 13.2. The summed E-state index contributed by atoms with van der Waals surface area (Å²) >= 11 is 0. The fourth-order valence-corrected chi connectivity index (χ4v) is 2.16. The zero-order valence-electron chi connectivity index (χ0n) is 12.0. The van der Waals surface area contributed by atoms with Crippen molar-refractivity contribution in [2.24, 2.45) is 11.8 Å². The minimum absolute atomic E-state index is 0.132. The third kappa shape index (κ3) is 5.18. The Labute approximate surface area is 111 Å². The van der Waals surface area contributed by atoms with E-state index in [1.165, 1.54) is 12.5 Å². The lowest BCUT2D eigenvalue weighted by Crippen LogP contribution is -2.33. The SMILES string of the molecule is CCC(C)C(CNC(C)C)Cc1cccc(F)c1. The maximum absolute atomic E-state index is 13.2. The van der Waals surface area contributed by atoms with Crippen LogP contribution < -0.4 is 5.32 Å². The third-order valence-electron chi connectivity index (χ3n) is 3.62. The summed E-state index contributed by atoms with van der Waals surface area (Å²) in [5.74, 6) is 1.09. The molecule has 0 saturated carbocycles. The highest BCUT2D eigenvalue weighted by Gasteiger charge is 2.16. The number of hydrogen-bond acceptors (Lipinski definition) is 1. The minimum Gasteiger partial charge on any atom is -0.314 e. The normalized spacial score (nSPS) is 14.8. The molecule has 1 aromatic rings. The summed E-state index contributed by atoms with van der Waals surface area (Å²) in [5, 5.41) is 3.50. The molecule has 0 bridgehead atoms. The van der Waals surface area contributed by atoms with E-state index < -0.39 is 0 Å². The number of rotatable bonds is 7. The first kappa shape index (κ1) is 15.2. The molecule has 0 aliphatic heterocycles. The average molecular weight is 251 g/mol. The van der Waals surface area contributed by atoms with Crippen LogP contribution in [0.5, 0.6) is 0 Å². The van der Waals surface area contributed by atoms with Gasteiger partial charge in [0.25, 0.3) is 0 Å². The number of halogens is 1. The molecule has 0 heterocycles. The van der Waals surface area contributed by atoms with Crippen molar-refractivity contribution in [3.8, 4) is 0 Å². The maximum Gasteiger partial charge on any atom is 0.123 e. The van der Waals surface area contributed by atoms with Crippen molar-refractivity contribution in [3.05, 3.63) is 35.6 Å². The van der Waals surface area contributed by atoms with Gasteiger partial charge in [0.2, 0.25) is 0 Å². The molecule has 0 saturated heterocycles. The molecule has 2 atom stereocenters. The van der Waals surface area contributed by atoms with Gasteiger partial charge in [-0.25, -0.2) is 4.39 Å². The molecule has 1 N–H and O–H groups in total. The zero-order valence-corrected chi connectivity index (χ0v) is 12.0. The molecule has 2 unspecified atom stereocenters. The summed E-state index contributed by atoms with van der Waals surface area (Å²) in [5.41, 5.74) is 1.10. The largest absolute Gasteiger partial charge is 0.314 e. The standard InChI is InChI=1S/C16H26FN/c1-5-13(4)15(11-18-12(2)3)9-14-7-6-8-16(17)10-14/h6-8,10,12-13,15,18H,5,9,11H2,1-4H3. The van der Waals surface area contributed by atoms with Crippen LogP contribution in [-0.2, 0) is 6.42 Å². The van der Waals surface area contributed by atoms with Crippen molar-refractivity contribution in [3.63, 3.8) is 0 Å². The molecular weight excluding hydrogens is 225 g/mol. The Morgan fingerprint density at radius 3 is 2.50 bits per heavy atom. The van der Waals surface area contributed by atoms with E-state index in [9.17, 15) is 4.39 Å². The Bertz CT molecular complexity index is 349. The minimum atomic E-state index is -0.132. The van der Waals surface area contributed by atoms with Gasteiger partial charge in [0.15, 0.2) is 0 Å². The highest BCUT2D eigenvalue weighted by molar-refractivity contribution is 5.17. The number of nitrogens with one attached hydrogen (secondary N) is 1. The van der Waals surface area contributed by atoms with Crippen LogP contribution in [0.2, 0.25) is 0 Å². The Kier molecular flexibility index (Phi) is 6.34. The van der Waals surface area contributed by atoms with Crippen molar-refractivity contribution >= 4 is 0 Å². The van der Waals surface area contributed by atoms with E-state index in [-0.39, 0.29) is 5.82 Å². The van der Waals surface area contributed by atoms with E-state index >= 15 is 0 Å². The fraction of sp³-hybridized carbons (Fsp3) is 0.625. The van der Waals surface area contributed by atoms with E-state index in [1.54, 1.807) is 12.1 Å². The average Bonchev–Trinajstić information content (AvgIpc) is 2.33. The first-order chi connectivity index (χ1) is 8.52. The van der Waals surface area contributed by atoms with Gasteiger partial charge in [0, 0.05) is 6.04 Å². The summed E-state index contributed by atoms with van der Waals surface area (Å²) in [4.78, 5) is 0. The van der Waals surface area contributed by atoms with Crippen molar-refractivity contribution in [1.29, 1.82) is 0 Å². The predicted octanol–water partition coefficient (Wildman–Crippen LogP) is 4.03. The highest BCUT2D eigenvalue weighted by Crippen LogP contribution is 2.20. The fourth-order valence-electron chi connectivity index (χ4n) is 2.16. The van der Waals surface area contributed by atoms with Crippen LogP contribution in [0.1, 0.15) is 39.7 Å². The Hall–Kier alpha value is -0.890. The second kappa shape index (κ2) is 7.52. The van der Waals surface area contributed by atoms with Crippen LogP contribution in [0.3, 0.4) is 0 Å². The topological polar surface area (TPSA) is 12.0 Å². The predicted molar refractivity (Wildman–Crippen MR) is 76.2 cm³/mol. The summed E-state index contributed by atoms with van der Waals surface area (Å²) in [6, 6.07) is 7.49. The molecule has 1 nitrogen and oxygen atoms in total. The van der Waals surface area contributed by atoms with Crippen LogP contribution in [0.4, 0.5) is 4.39 Å². The zero-order chi connectivity index (χ0) is 13.5. The molecule has 18 heavy (non-hydrogen) atoms. The molecule has 0 amide bonds. The summed E-state index contributed by atoms with van der Waals surface area (Å²) < 4.78 is 13.2. The Balaban J connectivity index is 2.65. The van der Waals surface area contributed by atoms with Gasteiger partial charge in [-0.15, -0.1) is 0 Å². The van der Waals surface area contributed by atoms with E-state index in [2.05, 4.69) is 33.0 Å².